The number of carboxylic acid groups (broad SMARTS) is 1. The molecule has 2 aliphatic heterocycles. The van der Waals surface area contributed by atoms with E-state index in [1.807, 2.05) is 0 Å². The lowest BCUT2D eigenvalue weighted by molar-refractivity contribution is -0.163. The summed E-state index contributed by atoms with van der Waals surface area (Å²) in [6.45, 7) is -0.298. The second-order valence-electron chi connectivity index (χ2n) is 3.11. The molecule has 0 radical (unpaired) electrons. The zero-order chi connectivity index (χ0) is 10.3. The second kappa shape index (κ2) is 2.98. The molecule has 0 aromatic rings. The fourth-order valence-electron chi connectivity index (χ4n) is 1.66. The number of β-lactam (4-membered cyclic amide) rings is 1. The summed E-state index contributed by atoms with van der Waals surface area (Å²) in [4.78, 5) is 23.1. The number of carboxylic acids is 1. The zero-order valence-electron chi connectivity index (χ0n) is 7.21. The van der Waals surface area contributed by atoms with E-state index < -0.39 is 18.2 Å². The van der Waals surface area contributed by atoms with Gasteiger partial charge in [-0.15, -0.1) is 0 Å². The highest BCUT2D eigenvalue weighted by atomic mass is 16.5. The minimum absolute atomic E-state index is 0.149. The minimum atomic E-state index is -1.14. The first-order valence-corrected chi connectivity index (χ1v) is 4.16. The molecule has 0 aromatic carbocycles. The third-order valence-electron chi connectivity index (χ3n) is 2.29. The molecule has 76 valence electrons. The Morgan fingerprint density at radius 2 is 2.43 bits per heavy atom. The number of hydrogen-bond donors (Lipinski definition) is 2. The lowest BCUT2D eigenvalue weighted by atomic mass is 10.1. The quantitative estimate of drug-likeness (QED) is 0.551. The Morgan fingerprint density at radius 1 is 1.71 bits per heavy atom. The summed E-state index contributed by atoms with van der Waals surface area (Å²) in [5.74, 6) is -1.22. The number of hydrogen-bond acceptors (Lipinski definition) is 4. The van der Waals surface area contributed by atoms with Gasteiger partial charge in [0.25, 0.3) is 0 Å². The van der Waals surface area contributed by atoms with E-state index in [2.05, 4.69) is 0 Å². The maximum absolute atomic E-state index is 11.1. The molecule has 1 amide bonds. The van der Waals surface area contributed by atoms with Crippen LogP contribution in [0.3, 0.4) is 0 Å². The molecule has 0 aromatic heterocycles. The normalized spacial score (nSPS) is 32.5. The molecule has 0 spiro atoms. The number of aliphatic carboxylic acids is 1. The molecule has 2 saturated heterocycles. The molecule has 0 saturated carbocycles. The smallest absolute Gasteiger partial charge is 0.334 e. The number of rotatable bonds is 2. The highest BCUT2D eigenvalue weighted by Crippen LogP contribution is 2.36. The van der Waals surface area contributed by atoms with Crippen molar-refractivity contribution in [2.75, 3.05) is 6.61 Å². The third-order valence-corrected chi connectivity index (χ3v) is 2.29. The SMILES string of the molecule is O=C(O)[C@H]1/C(=C/CO)OC2CC(=O)N21. The summed E-state index contributed by atoms with van der Waals surface area (Å²) < 4.78 is 5.17. The first kappa shape index (κ1) is 9.01. The van der Waals surface area contributed by atoms with Crippen LogP contribution in [0.4, 0.5) is 0 Å². The molecule has 6 nitrogen and oxygen atoms in total. The van der Waals surface area contributed by atoms with Crippen LogP contribution in [0.25, 0.3) is 0 Å². The van der Waals surface area contributed by atoms with Crippen LogP contribution < -0.4 is 0 Å². The topological polar surface area (TPSA) is 87.1 Å². The second-order valence-corrected chi connectivity index (χ2v) is 3.11. The van der Waals surface area contributed by atoms with Gasteiger partial charge in [-0.2, -0.15) is 0 Å². The molecule has 2 aliphatic rings. The van der Waals surface area contributed by atoms with Crippen molar-refractivity contribution >= 4 is 11.9 Å². The summed E-state index contributed by atoms with van der Waals surface area (Å²) in [7, 11) is 0. The highest BCUT2D eigenvalue weighted by Gasteiger charge is 2.53. The Kier molecular flexibility index (Phi) is 1.92. The Bertz CT molecular complexity index is 324. The van der Waals surface area contributed by atoms with E-state index >= 15 is 0 Å². The van der Waals surface area contributed by atoms with Crippen molar-refractivity contribution in [3.05, 3.63) is 11.8 Å². The van der Waals surface area contributed by atoms with E-state index in [4.69, 9.17) is 14.9 Å². The monoisotopic (exact) mass is 199 g/mol. The number of nitrogens with zero attached hydrogens (tertiary/aromatic N) is 1. The fourth-order valence-corrected chi connectivity index (χ4v) is 1.66. The molecule has 2 fully saturated rings. The first-order valence-electron chi connectivity index (χ1n) is 4.16. The Balaban J connectivity index is 2.26. The van der Waals surface area contributed by atoms with Gasteiger partial charge in [0.1, 0.15) is 5.76 Å². The van der Waals surface area contributed by atoms with E-state index in [0.29, 0.717) is 0 Å². The predicted molar refractivity (Wildman–Crippen MR) is 42.9 cm³/mol. The van der Waals surface area contributed by atoms with Crippen LogP contribution in [0.2, 0.25) is 0 Å². The average Bonchev–Trinajstić information content (AvgIpc) is 2.39. The van der Waals surface area contributed by atoms with Crippen LogP contribution in [-0.2, 0) is 14.3 Å². The standard InChI is InChI=1S/C8H9NO5/c10-2-1-4-7(8(12)13)9-5(11)3-6(9)14-4/h1,6-7,10H,2-3H2,(H,12,13)/b4-1-/t6?,7-/m1/s1. The van der Waals surface area contributed by atoms with Crippen LogP contribution in [0.15, 0.2) is 11.8 Å². The molecule has 2 rings (SSSR count). The van der Waals surface area contributed by atoms with Gasteiger partial charge in [-0.05, 0) is 6.08 Å². The largest absolute Gasteiger partial charge is 0.479 e. The molecule has 2 N–H and O–H groups in total. The van der Waals surface area contributed by atoms with Crippen LogP contribution in [0.5, 0.6) is 0 Å². The number of amides is 1. The third kappa shape index (κ3) is 1.07. The van der Waals surface area contributed by atoms with Gasteiger partial charge in [0.05, 0.1) is 13.0 Å². The lowest BCUT2D eigenvalue weighted by Crippen LogP contribution is -2.54. The molecule has 0 bridgehead atoms. The van der Waals surface area contributed by atoms with Crippen LogP contribution in [0, 0.1) is 0 Å². The van der Waals surface area contributed by atoms with Gasteiger partial charge in [0.2, 0.25) is 5.91 Å². The molecule has 0 aliphatic carbocycles. The maximum atomic E-state index is 11.1. The van der Waals surface area contributed by atoms with Crippen molar-refractivity contribution in [1.29, 1.82) is 0 Å². The zero-order valence-corrected chi connectivity index (χ0v) is 7.21. The number of fused-ring (bicyclic) bond motifs is 1. The van der Waals surface area contributed by atoms with Crippen molar-refractivity contribution < 1.29 is 24.5 Å². The van der Waals surface area contributed by atoms with Crippen molar-refractivity contribution in [3.63, 3.8) is 0 Å². The van der Waals surface area contributed by atoms with Crippen molar-refractivity contribution in [3.8, 4) is 0 Å². The number of aliphatic hydroxyl groups is 1. The van der Waals surface area contributed by atoms with E-state index in [-0.39, 0.29) is 24.7 Å². The number of carbonyl (C=O) groups is 2. The Hall–Kier alpha value is -1.56. The average molecular weight is 199 g/mol. The van der Waals surface area contributed by atoms with Gasteiger partial charge in [-0.3, -0.25) is 9.69 Å². The van der Waals surface area contributed by atoms with Crippen LogP contribution in [-0.4, -0.2) is 45.9 Å². The van der Waals surface area contributed by atoms with Gasteiger partial charge < -0.3 is 14.9 Å². The molecule has 1 unspecified atom stereocenters. The summed E-state index contributed by atoms with van der Waals surface area (Å²) in [6, 6.07) is -1.06. The van der Waals surface area contributed by atoms with Crippen molar-refractivity contribution in [2.24, 2.45) is 0 Å². The fraction of sp³-hybridized carbons (Fsp3) is 0.500. The molecule has 6 heteroatoms. The van der Waals surface area contributed by atoms with Crippen molar-refractivity contribution in [1.82, 2.24) is 4.90 Å². The van der Waals surface area contributed by atoms with Crippen LogP contribution in [0.1, 0.15) is 6.42 Å². The molecular weight excluding hydrogens is 190 g/mol. The Morgan fingerprint density at radius 3 is 2.93 bits per heavy atom. The molecular formula is C8H9NO5. The summed E-state index contributed by atoms with van der Waals surface area (Å²) >= 11 is 0. The van der Waals surface area contributed by atoms with Gasteiger partial charge in [0, 0.05) is 0 Å². The molecule has 2 atom stereocenters. The van der Waals surface area contributed by atoms with E-state index in [0.717, 1.165) is 0 Å². The highest BCUT2D eigenvalue weighted by molar-refractivity contribution is 5.91. The molecule has 2 heterocycles. The van der Waals surface area contributed by atoms with E-state index in [1.54, 1.807) is 0 Å². The number of carbonyl (C=O) groups excluding carboxylic acids is 1. The number of ether oxygens (including phenoxy) is 1. The first-order chi connectivity index (χ1) is 6.65. The van der Waals surface area contributed by atoms with Crippen LogP contribution >= 0.6 is 0 Å². The summed E-state index contributed by atoms with van der Waals surface area (Å²) in [5.41, 5.74) is 0. The number of aliphatic hydroxyl groups excluding tert-OH is 1. The summed E-state index contributed by atoms with van der Waals surface area (Å²) in [5, 5.41) is 17.5. The summed E-state index contributed by atoms with van der Waals surface area (Å²) in [6.07, 6.45) is 1.03. The van der Waals surface area contributed by atoms with Crippen molar-refractivity contribution in [2.45, 2.75) is 18.7 Å². The van der Waals surface area contributed by atoms with Gasteiger partial charge in [-0.25, -0.2) is 4.79 Å². The maximum Gasteiger partial charge on any atom is 0.334 e. The minimum Gasteiger partial charge on any atom is -0.479 e. The van der Waals surface area contributed by atoms with Gasteiger partial charge >= 0.3 is 5.97 Å². The van der Waals surface area contributed by atoms with Gasteiger partial charge in [-0.1, -0.05) is 0 Å². The van der Waals surface area contributed by atoms with Gasteiger partial charge in [0.15, 0.2) is 12.3 Å². The van der Waals surface area contributed by atoms with E-state index in [1.165, 1.54) is 11.0 Å². The Labute approximate surface area is 79.4 Å². The van der Waals surface area contributed by atoms with E-state index in [9.17, 15) is 9.59 Å². The molecule has 14 heavy (non-hydrogen) atoms. The predicted octanol–water partition coefficient (Wildman–Crippen LogP) is -1.10. The lowest BCUT2D eigenvalue weighted by Gasteiger charge is -2.33.